The van der Waals surface area contributed by atoms with Crippen LogP contribution in [0.15, 0.2) is 30.5 Å². The summed E-state index contributed by atoms with van der Waals surface area (Å²) in [6.07, 6.45) is 0.951. The van der Waals surface area contributed by atoms with Crippen LogP contribution >= 0.6 is 0 Å². The van der Waals surface area contributed by atoms with Gasteiger partial charge in [0.2, 0.25) is 0 Å². The third kappa shape index (κ3) is 0.881. The van der Waals surface area contributed by atoms with E-state index in [4.69, 9.17) is 5.73 Å². The zero-order valence-electron chi connectivity index (χ0n) is 7.17. The second-order valence-electron chi connectivity index (χ2n) is 3.19. The van der Waals surface area contributed by atoms with E-state index in [1.54, 1.807) is 0 Å². The number of rotatable bonds is 0. The van der Waals surface area contributed by atoms with Gasteiger partial charge in [0.05, 0.1) is 0 Å². The van der Waals surface area contributed by atoms with Gasteiger partial charge < -0.3 is 10.6 Å². The smallest absolute Gasteiger partial charge is 0.0462 e. The van der Waals surface area contributed by atoms with Crippen LogP contribution in [0, 0.1) is 0 Å². The van der Waals surface area contributed by atoms with Crippen LogP contribution in [0.1, 0.15) is 5.56 Å². The number of likely N-dealkylation sites (N-methyl/N-ethyl adjacent to an activating group) is 1. The molecule has 2 N–H and O–H groups in total. The maximum absolute atomic E-state index is 5.68. The summed E-state index contributed by atoms with van der Waals surface area (Å²) in [5.74, 6) is 0. The van der Waals surface area contributed by atoms with Gasteiger partial charge in [-0.3, -0.25) is 0 Å². The first-order chi connectivity index (χ1) is 5.68. The summed E-state index contributed by atoms with van der Waals surface area (Å²) in [4.78, 5) is 2.09. The zero-order chi connectivity index (χ0) is 8.72. The Labute approximate surface area is 72.3 Å². The lowest BCUT2D eigenvalue weighted by molar-refractivity contribution is 1.11. The van der Waals surface area contributed by atoms with Crippen molar-refractivity contribution in [1.29, 1.82) is 0 Å². The summed E-state index contributed by atoms with van der Waals surface area (Å²) in [5, 5.41) is 0. The van der Waals surface area contributed by atoms with Gasteiger partial charge in [-0.15, -0.1) is 0 Å². The van der Waals surface area contributed by atoms with Crippen LogP contribution in [0.4, 0.5) is 11.4 Å². The maximum atomic E-state index is 5.68. The van der Waals surface area contributed by atoms with Gasteiger partial charge in [-0.2, -0.15) is 0 Å². The van der Waals surface area contributed by atoms with Crippen LogP contribution in [0.3, 0.4) is 0 Å². The number of hydrogen-bond donors (Lipinski definition) is 1. The van der Waals surface area contributed by atoms with Crippen molar-refractivity contribution < 1.29 is 0 Å². The lowest BCUT2D eigenvalue weighted by Gasteiger charge is -2.13. The predicted octanol–water partition coefficient (Wildman–Crippen LogP) is 1.77. The molecule has 0 aromatic heterocycles. The molecule has 0 atom stereocenters. The molecule has 0 radical (unpaired) electrons. The highest BCUT2D eigenvalue weighted by molar-refractivity contribution is 5.68. The molecule has 0 bridgehead atoms. The largest absolute Gasteiger partial charge is 0.399 e. The number of benzene rings is 1. The zero-order valence-corrected chi connectivity index (χ0v) is 7.17. The molecule has 2 nitrogen and oxygen atoms in total. The Morgan fingerprint density at radius 1 is 1.50 bits per heavy atom. The van der Waals surface area contributed by atoms with Crippen LogP contribution in [0.25, 0.3) is 0 Å². The molecule has 1 aliphatic rings. The number of anilines is 2. The average molecular weight is 160 g/mol. The highest BCUT2D eigenvalue weighted by atomic mass is 15.1. The molecule has 2 heteroatoms. The first-order valence-electron chi connectivity index (χ1n) is 3.98. The fraction of sp³-hybridized carbons (Fsp3) is 0.200. The summed E-state index contributed by atoms with van der Waals surface area (Å²) >= 11 is 0. The average Bonchev–Trinajstić information content (AvgIpc) is 2.31. The molecule has 12 heavy (non-hydrogen) atoms. The molecular formula is C10H12N2. The predicted molar refractivity (Wildman–Crippen MR) is 52.1 cm³/mol. The van der Waals surface area contributed by atoms with E-state index in [1.165, 1.54) is 11.3 Å². The van der Waals surface area contributed by atoms with Crippen molar-refractivity contribution in [2.45, 2.75) is 6.42 Å². The van der Waals surface area contributed by atoms with Gasteiger partial charge in [0.15, 0.2) is 0 Å². The van der Waals surface area contributed by atoms with Gasteiger partial charge in [0, 0.05) is 30.5 Å². The molecule has 1 heterocycles. The second-order valence-corrected chi connectivity index (χ2v) is 3.19. The molecule has 2 rings (SSSR count). The number of nitrogens with two attached hydrogens (primary N) is 1. The Kier molecular flexibility index (Phi) is 1.37. The maximum Gasteiger partial charge on any atom is 0.0462 e. The van der Waals surface area contributed by atoms with Crippen molar-refractivity contribution in [2.75, 3.05) is 17.7 Å². The van der Waals surface area contributed by atoms with Crippen molar-refractivity contribution in [3.63, 3.8) is 0 Å². The molecule has 1 aliphatic heterocycles. The number of fused-ring (bicyclic) bond motifs is 1. The van der Waals surface area contributed by atoms with E-state index < -0.39 is 0 Å². The monoisotopic (exact) mass is 160 g/mol. The fourth-order valence-corrected chi connectivity index (χ4v) is 1.55. The van der Waals surface area contributed by atoms with Crippen LogP contribution in [0.5, 0.6) is 0 Å². The number of nitrogens with zero attached hydrogens (tertiary/aromatic N) is 1. The third-order valence-corrected chi connectivity index (χ3v) is 2.34. The van der Waals surface area contributed by atoms with E-state index in [-0.39, 0.29) is 0 Å². The standard InChI is InChI=1S/C10H12N2/c1-7-5-8-3-4-9(11)6-10(8)12(7)2/h3-4,6H,1,5,11H2,2H3. The molecule has 0 unspecified atom stereocenters. The van der Waals surface area contributed by atoms with E-state index in [0.29, 0.717) is 0 Å². The van der Waals surface area contributed by atoms with Crippen LogP contribution in [0.2, 0.25) is 0 Å². The SMILES string of the molecule is C=C1Cc2ccc(N)cc2N1C. The third-order valence-electron chi connectivity index (χ3n) is 2.34. The van der Waals surface area contributed by atoms with E-state index >= 15 is 0 Å². The molecule has 1 aromatic carbocycles. The minimum absolute atomic E-state index is 0.815. The Hall–Kier alpha value is -1.44. The minimum atomic E-state index is 0.815. The Morgan fingerprint density at radius 2 is 2.25 bits per heavy atom. The Balaban J connectivity index is 2.55. The van der Waals surface area contributed by atoms with E-state index in [1.807, 2.05) is 19.2 Å². The van der Waals surface area contributed by atoms with E-state index in [9.17, 15) is 0 Å². The van der Waals surface area contributed by atoms with E-state index in [0.717, 1.165) is 17.8 Å². The summed E-state index contributed by atoms with van der Waals surface area (Å²) < 4.78 is 0. The highest BCUT2D eigenvalue weighted by Gasteiger charge is 2.18. The van der Waals surface area contributed by atoms with Gasteiger partial charge in [-0.1, -0.05) is 12.6 Å². The fourth-order valence-electron chi connectivity index (χ4n) is 1.55. The molecule has 0 amide bonds. The Bertz CT molecular complexity index is 342. The summed E-state index contributed by atoms with van der Waals surface area (Å²) in [6.45, 7) is 3.96. The van der Waals surface area contributed by atoms with E-state index in [2.05, 4.69) is 17.5 Å². The molecule has 0 spiro atoms. The first kappa shape index (κ1) is 7.22. The molecular weight excluding hydrogens is 148 g/mol. The number of allylic oxidation sites excluding steroid dienone is 1. The summed E-state index contributed by atoms with van der Waals surface area (Å²) in [5.41, 5.74) is 10.1. The molecule has 0 saturated heterocycles. The second kappa shape index (κ2) is 2.27. The molecule has 62 valence electrons. The van der Waals surface area contributed by atoms with Crippen LogP contribution in [-0.2, 0) is 6.42 Å². The van der Waals surface area contributed by atoms with Crippen LogP contribution < -0.4 is 10.6 Å². The summed E-state index contributed by atoms with van der Waals surface area (Å²) in [6, 6.07) is 6.00. The van der Waals surface area contributed by atoms with Crippen molar-refractivity contribution in [3.05, 3.63) is 36.0 Å². The molecule has 0 fully saturated rings. The van der Waals surface area contributed by atoms with Gasteiger partial charge in [0.25, 0.3) is 0 Å². The van der Waals surface area contributed by atoms with Crippen LogP contribution in [-0.4, -0.2) is 7.05 Å². The minimum Gasteiger partial charge on any atom is -0.399 e. The van der Waals surface area contributed by atoms with Gasteiger partial charge in [-0.05, 0) is 17.7 Å². The number of nitrogen functional groups attached to an aromatic ring is 1. The highest BCUT2D eigenvalue weighted by Crippen LogP contribution is 2.33. The summed E-state index contributed by atoms with van der Waals surface area (Å²) in [7, 11) is 2.02. The van der Waals surface area contributed by atoms with Crippen molar-refractivity contribution in [1.82, 2.24) is 0 Å². The number of hydrogen-bond acceptors (Lipinski definition) is 2. The van der Waals surface area contributed by atoms with Crippen molar-refractivity contribution in [2.24, 2.45) is 0 Å². The lowest BCUT2D eigenvalue weighted by atomic mass is 10.1. The van der Waals surface area contributed by atoms with Gasteiger partial charge >= 0.3 is 0 Å². The molecule has 1 aromatic rings. The molecule has 0 saturated carbocycles. The van der Waals surface area contributed by atoms with Crippen molar-refractivity contribution >= 4 is 11.4 Å². The normalized spacial score (nSPS) is 15.1. The van der Waals surface area contributed by atoms with Gasteiger partial charge in [-0.25, -0.2) is 0 Å². The van der Waals surface area contributed by atoms with Gasteiger partial charge in [0.1, 0.15) is 0 Å². The quantitative estimate of drug-likeness (QED) is 0.586. The van der Waals surface area contributed by atoms with Crippen molar-refractivity contribution in [3.8, 4) is 0 Å². The topological polar surface area (TPSA) is 29.3 Å². The first-order valence-corrected chi connectivity index (χ1v) is 3.98. The Morgan fingerprint density at radius 3 is 3.00 bits per heavy atom. The molecule has 0 aliphatic carbocycles. The lowest BCUT2D eigenvalue weighted by Crippen LogP contribution is -2.09.